The standard InChI is InChI=1S/2C18H20ClF2N3O2.C10H15FN2O2.C8H6ClFO2.C7H6ClFN2O.C7H4ClFO2.S5.S4.S3.S2.H2S/c2*1-18(2,3)26-17(25)24-9-10(20)7-15(24)14-8-13(22-23-14)11-5-4-6-12(19)16(11)21;1-10(2,3)15-9(14)13-6-7(11)4-8(13)5-12;1-12-8(11)5-3-2-4-6(9)7(5)10;8-5-3-1-2-4(6(5)9)7(12)11-10;8-5-3-1-2-4(6(5)9)7(10)11;1-3-5-4-2;1-3-4-2;1-3-2;1-2;/h2*4-6,10,15H,7-9H2,1-3H3;7-8H,4,6H2,1-3H3;2-4H,1H3;1-3H,10H2,(H,11,12);1-3H,(H,10,11);;;;;1H2/t10-,15+;10-,15-;7-,8+;;;;;;;;/m111......../s1. The van der Waals surface area contributed by atoms with Gasteiger partial charge in [-0.05, 0) is 111 Å². The number of esters is 1. The number of hydrogen-bond donors (Lipinski definition) is 3. The van der Waals surface area contributed by atoms with Gasteiger partial charge in [-0.1, -0.05) is 100 Å². The molecule has 0 radical (unpaired) electrons. The smallest absolute Gasteiger partial charge is 0.411 e. The zero-order valence-electron chi connectivity index (χ0n) is 62.6. The Morgan fingerprint density at radius 3 is 1.13 bits per heavy atom. The van der Waals surface area contributed by atoms with Gasteiger partial charge >= 0.3 is 30.2 Å². The van der Waals surface area contributed by atoms with Crippen LogP contribution in [0, 0.1) is 40.4 Å². The van der Waals surface area contributed by atoms with Gasteiger partial charge in [0.15, 0.2) is 29.1 Å². The predicted molar refractivity (Wildman–Crippen MR) is 482 cm³/mol. The van der Waals surface area contributed by atoms with Crippen LogP contribution in [0.15, 0.2) is 111 Å². The first-order valence-corrected chi connectivity index (χ1v) is 47.6. The van der Waals surface area contributed by atoms with E-state index in [9.17, 15) is 63.9 Å². The van der Waals surface area contributed by atoms with Crippen LogP contribution in [0.25, 0.3) is 0 Å². The van der Waals surface area contributed by atoms with Crippen LogP contribution < -0.4 is 11.3 Å². The van der Waals surface area contributed by atoms with E-state index in [0.29, 0.717) is 22.8 Å². The molecule has 4 amide bonds. The highest BCUT2D eigenvalue weighted by molar-refractivity contribution is 8.59. The van der Waals surface area contributed by atoms with Gasteiger partial charge in [-0.15, -0.1) is 0 Å². The Labute approximate surface area is 758 Å². The summed E-state index contributed by atoms with van der Waals surface area (Å²) >= 11 is 60.9. The molecule has 5 aromatic rings. The fourth-order valence-corrected chi connectivity index (χ4v) is 13.4. The number of carboxylic acids is 1. The number of nitrogens with two attached hydrogens (primary N) is 1. The molecular weight excluding hydrogens is 1940 g/mol. The summed E-state index contributed by atoms with van der Waals surface area (Å²) in [6, 6.07) is 21.5. The number of carbonyl (C=O) groups excluding carboxylic acids is 5. The average Bonchev–Trinajstić information content (AvgIpc) is 1.65. The van der Waals surface area contributed by atoms with Crippen LogP contribution >= 0.6 is 71.5 Å². The number of nitriles is 1. The van der Waals surface area contributed by atoms with E-state index >= 15 is 0 Å². The van der Waals surface area contributed by atoms with E-state index in [1.54, 1.807) is 86.6 Å². The van der Waals surface area contributed by atoms with Crippen molar-refractivity contribution in [3.05, 3.63) is 173 Å². The minimum Gasteiger partial charge on any atom is -0.478 e. The number of carbonyl (C=O) groups is 6. The summed E-state index contributed by atoms with van der Waals surface area (Å²) in [5, 5.41) is 33.0. The number of nitrogen functional groups attached to an aromatic ring is 1. The summed E-state index contributed by atoms with van der Waals surface area (Å²) in [6.45, 7) is 15.5. The average molecular weight is 2020 g/mol. The summed E-state index contributed by atoms with van der Waals surface area (Å²) in [5.74, 6) is -1.45. The fraction of sp³-hybridized carbons (Fsp3) is 0.397. The Hall–Kier alpha value is -5.23. The lowest BCUT2D eigenvalue weighted by Gasteiger charge is -2.28. The van der Waals surface area contributed by atoms with Crippen molar-refractivity contribution in [3.8, 4) is 6.07 Å². The van der Waals surface area contributed by atoms with E-state index in [4.69, 9.17) is 88.4 Å². The molecule has 3 saturated heterocycles. The number of nitrogens with one attached hydrogen (secondary N) is 1. The number of methoxy groups -OCH3 is 1. The number of ether oxygens (including phenoxy) is 4. The van der Waals surface area contributed by atoms with Gasteiger partial charge in [-0.25, -0.2) is 64.9 Å². The van der Waals surface area contributed by atoms with Crippen molar-refractivity contribution in [2.75, 3.05) is 26.7 Å². The summed E-state index contributed by atoms with van der Waals surface area (Å²) in [6.07, 6.45) is -4.46. The number of hydrogen-bond acceptors (Lipinski definition) is 24. The number of likely N-dealkylation sites (tertiary alicyclic amines) is 3. The number of aromatic carboxylic acids is 1. The molecule has 0 saturated carbocycles. The van der Waals surface area contributed by atoms with Crippen molar-refractivity contribution in [3.63, 3.8) is 0 Å². The number of benzene rings is 5. The Balaban J connectivity index is 0.00000137. The maximum Gasteiger partial charge on any atom is 0.411 e. The van der Waals surface area contributed by atoms with Crippen molar-refractivity contribution >= 4 is 273 Å². The lowest BCUT2D eigenvalue weighted by atomic mass is 9.99. The number of halogens is 13. The Morgan fingerprint density at radius 1 is 0.513 bits per heavy atom. The van der Waals surface area contributed by atoms with E-state index in [1.807, 2.05) is 11.5 Å². The Kier molecular flexibility index (Phi) is 53.9. The third kappa shape index (κ3) is 39.2. The molecule has 6 atom stereocenters. The summed E-state index contributed by atoms with van der Waals surface area (Å²) in [4.78, 5) is 72.2. The number of alkyl halides is 3. The quantitative estimate of drug-likeness (QED) is 0.0341. The van der Waals surface area contributed by atoms with Crippen molar-refractivity contribution in [2.24, 2.45) is 26.2 Å². The molecule has 49 heteroatoms. The maximum absolute atomic E-state index is 14.2. The summed E-state index contributed by atoms with van der Waals surface area (Å²) < 4.78 is 128. The Morgan fingerprint density at radius 2 is 0.821 bits per heavy atom. The van der Waals surface area contributed by atoms with Crippen molar-refractivity contribution in [2.45, 2.75) is 148 Å². The Bertz CT molecular complexity index is 4520. The minimum absolute atomic E-state index is 0. The van der Waals surface area contributed by atoms with Gasteiger partial charge in [0.1, 0.15) is 41.4 Å². The van der Waals surface area contributed by atoms with E-state index in [1.165, 1.54) is 122 Å². The number of hydrazine groups is 1. The van der Waals surface area contributed by atoms with Crippen molar-refractivity contribution in [1.82, 2.24) is 20.1 Å². The SMILES string of the molecule is CC(C)(C)OC(=O)N1C[C@H](F)C[C@@H]1C1=NN=C(c2cccc(Cl)c2F)C1.CC(C)(C)OC(=O)N1C[C@H](F)C[C@H]1C#N.CC(C)(C)OC(=O)N1C[C@H](F)C[C@H]1C1=NN=C(c2cccc(Cl)c2F)C1.COC(=O)c1cccc(Cl)c1F.NNC(=O)c1cccc(Cl)c1F.O=C(O)c1cccc(Cl)c1F.S.S=S.S=S=S.S=S=S=S.S=S=S=S=S. The first-order chi connectivity index (χ1) is 54.3. The van der Waals surface area contributed by atoms with Crippen molar-refractivity contribution in [1.29, 1.82) is 5.26 Å². The lowest BCUT2D eigenvalue weighted by molar-refractivity contribution is 0.0242. The molecule has 5 heterocycles. The first kappa shape index (κ1) is 112. The number of carboxylic acid groups (broad SMARTS) is 1. The van der Waals surface area contributed by atoms with Crippen LogP contribution in [-0.4, -0.2) is 159 Å². The van der Waals surface area contributed by atoms with Crippen molar-refractivity contribution < 1.29 is 87.9 Å². The van der Waals surface area contributed by atoms with Crippen LogP contribution in [0.4, 0.5) is 49.5 Å². The summed E-state index contributed by atoms with van der Waals surface area (Å²) in [7, 11) is 8.39. The normalized spacial score (nSPS) is 17.0. The highest BCUT2D eigenvalue weighted by Gasteiger charge is 2.44. The minimum atomic E-state index is -1.31. The molecule has 0 unspecified atom stereocenters. The molecular formula is C68H73Cl5F8N10O11S15. The van der Waals surface area contributed by atoms with Crippen LogP contribution in [0.3, 0.4) is 0 Å². The third-order valence-corrected chi connectivity index (χ3v) is 22.4. The molecule has 0 bridgehead atoms. The largest absolute Gasteiger partial charge is 0.478 e. The van der Waals surface area contributed by atoms with Gasteiger partial charge in [-0.3, -0.25) is 24.9 Å². The lowest BCUT2D eigenvalue weighted by Crippen LogP contribution is -2.43. The van der Waals surface area contributed by atoms with E-state index in [2.05, 4.69) is 115 Å². The molecule has 3 fully saturated rings. The van der Waals surface area contributed by atoms with Crippen LogP contribution in [-0.2, 0) is 162 Å². The summed E-state index contributed by atoms with van der Waals surface area (Å²) in [5.41, 5.74) is 1.49. The molecule has 10 rings (SSSR count). The van der Waals surface area contributed by atoms with Gasteiger partial charge in [0.25, 0.3) is 5.91 Å². The van der Waals surface area contributed by atoms with Gasteiger partial charge in [0, 0.05) is 186 Å². The van der Waals surface area contributed by atoms with Gasteiger partial charge < -0.3 is 24.1 Å². The number of rotatable bonds is 7. The molecule has 117 heavy (non-hydrogen) atoms. The second kappa shape index (κ2) is 56.4. The van der Waals surface area contributed by atoms with Gasteiger partial charge in [0.2, 0.25) is 0 Å². The van der Waals surface area contributed by atoms with Crippen LogP contribution in [0.5, 0.6) is 0 Å². The predicted octanol–water partition coefficient (Wildman–Crippen LogP) is 16.2. The fourth-order valence-electron chi connectivity index (χ4n) is 9.74. The third-order valence-electron chi connectivity index (χ3n) is 14.3. The van der Waals surface area contributed by atoms with E-state index in [0.717, 1.165) is 19.8 Å². The molecule has 5 aliphatic rings. The zero-order chi connectivity index (χ0) is 88.7. The number of nitrogens with zero attached hydrogens (tertiary/aromatic N) is 8. The zero-order valence-corrected chi connectivity index (χ0v) is 78.8. The van der Waals surface area contributed by atoms with E-state index < -0.39 is 124 Å². The second-order valence-corrected chi connectivity index (χ2v) is 38.5. The highest BCUT2D eigenvalue weighted by atomic mass is 35.5. The second-order valence-electron chi connectivity index (χ2n) is 25.9. The highest BCUT2D eigenvalue weighted by Crippen LogP contribution is 2.33. The molecule has 642 valence electrons. The van der Waals surface area contributed by atoms with Gasteiger partial charge in [0.05, 0.1) is 110 Å². The molecule has 0 aliphatic carbocycles. The molecule has 0 aromatic heterocycles. The molecule has 5 aliphatic heterocycles. The number of amides is 4. The molecule has 5 aromatic carbocycles. The molecule has 4 N–H and O–H groups in total. The molecule has 21 nitrogen and oxygen atoms in total. The van der Waals surface area contributed by atoms with Crippen LogP contribution in [0.1, 0.15) is 137 Å². The van der Waals surface area contributed by atoms with Gasteiger partial charge in [-0.2, -0.15) is 39.2 Å². The van der Waals surface area contributed by atoms with Crippen LogP contribution in [0.2, 0.25) is 25.1 Å². The topological polar surface area (TPSA) is 281 Å². The first-order valence-electron chi connectivity index (χ1n) is 32.4. The monoisotopic (exact) mass is 2010 g/mol. The maximum atomic E-state index is 14.2. The molecule has 0 spiro atoms. The van der Waals surface area contributed by atoms with E-state index in [-0.39, 0.29) is 113 Å².